The van der Waals surface area contributed by atoms with Crippen LogP contribution in [0.1, 0.15) is 33.1 Å². The van der Waals surface area contributed by atoms with Gasteiger partial charge >= 0.3 is 0 Å². The molecule has 1 spiro atoms. The van der Waals surface area contributed by atoms with Gasteiger partial charge in [0.1, 0.15) is 5.60 Å². The van der Waals surface area contributed by atoms with Crippen molar-refractivity contribution in [3.63, 3.8) is 0 Å². The topological polar surface area (TPSA) is 29.5 Å². The van der Waals surface area contributed by atoms with Gasteiger partial charge in [-0.1, -0.05) is 13.3 Å². The normalized spacial score (nSPS) is 30.1. The van der Waals surface area contributed by atoms with E-state index in [0.29, 0.717) is 0 Å². The first kappa shape index (κ1) is 9.97. The second kappa shape index (κ2) is 3.54. The Morgan fingerprint density at radius 2 is 2.29 bits per heavy atom. The van der Waals surface area contributed by atoms with Crippen molar-refractivity contribution >= 4 is 5.91 Å². The zero-order valence-corrected chi connectivity index (χ0v) is 9.08. The molecule has 0 aromatic heterocycles. The van der Waals surface area contributed by atoms with Crippen LogP contribution in [0.25, 0.3) is 0 Å². The van der Waals surface area contributed by atoms with E-state index in [2.05, 4.69) is 6.92 Å². The zero-order valence-electron chi connectivity index (χ0n) is 9.08. The molecule has 1 atom stereocenters. The quantitative estimate of drug-likeness (QED) is 0.636. The first-order chi connectivity index (χ1) is 6.65. The number of ether oxygens (including phenoxy) is 1. The van der Waals surface area contributed by atoms with E-state index in [1.165, 1.54) is 12.8 Å². The van der Waals surface area contributed by atoms with Crippen LogP contribution < -0.4 is 0 Å². The fourth-order valence-corrected chi connectivity index (χ4v) is 2.57. The van der Waals surface area contributed by atoms with Crippen molar-refractivity contribution < 1.29 is 9.53 Å². The third-order valence-electron chi connectivity index (χ3n) is 3.58. The van der Waals surface area contributed by atoms with Crippen LogP contribution >= 0.6 is 0 Å². The summed E-state index contributed by atoms with van der Waals surface area (Å²) in [6.45, 7) is 6.39. The molecule has 2 rings (SSSR count). The Hall–Kier alpha value is -0.570. The maximum absolute atomic E-state index is 11.1. The molecule has 1 amide bonds. The smallest absolute Gasteiger partial charge is 0.219 e. The summed E-state index contributed by atoms with van der Waals surface area (Å²) in [6.07, 6.45) is 3.58. The summed E-state index contributed by atoms with van der Waals surface area (Å²) in [5.74, 6) is 0.982. The van der Waals surface area contributed by atoms with E-state index in [4.69, 9.17) is 4.74 Å². The highest BCUT2D eigenvalue weighted by atomic mass is 16.5. The summed E-state index contributed by atoms with van der Waals surface area (Å²) >= 11 is 0. The Bertz CT molecular complexity index is 233. The minimum Gasteiger partial charge on any atom is -0.371 e. The van der Waals surface area contributed by atoms with Crippen LogP contribution in [0.2, 0.25) is 0 Å². The first-order valence-electron chi connectivity index (χ1n) is 5.55. The molecule has 2 aliphatic heterocycles. The largest absolute Gasteiger partial charge is 0.371 e. The SMILES string of the molecule is CC[C@H]1CCOC2(C1)CN(C(C)=O)C2. The van der Waals surface area contributed by atoms with Crippen molar-refractivity contribution in [3.05, 3.63) is 0 Å². The van der Waals surface area contributed by atoms with E-state index >= 15 is 0 Å². The van der Waals surface area contributed by atoms with Gasteiger partial charge in [0.15, 0.2) is 0 Å². The number of likely N-dealkylation sites (tertiary alicyclic amines) is 1. The van der Waals surface area contributed by atoms with Gasteiger partial charge in [-0.15, -0.1) is 0 Å². The summed E-state index contributed by atoms with van der Waals surface area (Å²) in [5, 5.41) is 0. The van der Waals surface area contributed by atoms with E-state index in [9.17, 15) is 4.79 Å². The molecule has 3 heteroatoms. The summed E-state index contributed by atoms with van der Waals surface area (Å²) in [7, 11) is 0. The van der Waals surface area contributed by atoms with Crippen LogP contribution in [0.4, 0.5) is 0 Å². The molecular weight excluding hydrogens is 178 g/mol. The predicted octanol–water partition coefficient (Wildman–Crippen LogP) is 1.42. The molecular formula is C11H19NO2. The molecule has 2 heterocycles. The van der Waals surface area contributed by atoms with Crippen LogP contribution in [-0.2, 0) is 9.53 Å². The molecule has 0 radical (unpaired) electrons. The monoisotopic (exact) mass is 197 g/mol. The maximum atomic E-state index is 11.1. The van der Waals surface area contributed by atoms with Gasteiger partial charge in [0, 0.05) is 13.5 Å². The number of hydrogen-bond donors (Lipinski definition) is 0. The standard InChI is InChI=1S/C11H19NO2/c1-3-10-4-5-14-11(6-10)7-12(8-11)9(2)13/h10H,3-8H2,1-2H3/t10-/m0/s1. The molecule has 0 N–H and O–H groups in total. The van der Waals surface area contributed by atoms with Gasteiger partial charge < -0.3 is 9.64 Å². The van der Waals surface area contributed by atoms with Gasteiger partial charge in [-0.05, 0) is 18.8 Å². The Labute approximate surface area is 85.4 Å². The number of carbonyl (C=O) groups is 1. The number of amides is 1. The second-order valence-corrected chi connectivity index (χ2v) is 4.67. The van der Waals surface area contributed by atoms with Gasteiger partial charge in [0.05, 0.1) is 13.1 Å². The third-order valence-corrected chi connectivity index (χ3v) is 3.58. The van der Waals surface area contributed by atoms with Crippen molar-refractivity contribution in [2.75, 3.05) is 19.7 Å². The van der Waals surface area contributed by atoms with Crippen molar-refractivity contribution in [2.24, 2.45) is 5.92 Å². The van der Waals surface area contributed by atoms with Crippen molar-refractivity contribution in [1.29, 1.82) is 0 Å². The molecule has 2 aliphatic rings. The number of carbonyl (C=O) groups excluding carboxylic acids is 1. The third kappa shape index (κ3) is 1.65. The van der Waals surface area contributed by atoms with E-state index in [-0.39, 0.29) is 11.5 Å². The lowest BCUT2D eigenvalue weighted by molar-refractivity contribution is -0.187. The minimum atomic E-state index is 0.0323. The van der Waals surface area contributed by atoms with E-state index in [0.717, 1.165) is 32.0 Å². The Kier molecular flexibility index (Phi) is 2.52. The van der Waals surface area contributed by atoms with Gasteiger partial charge in [0.2, 0.25) is 5.91 Å². The lowest BCUT2D eigenvalue weighted by Gasteiger charge is -2.53. The fraction of sp³-hybridized carbons (Fsp3) is 0.909. The van der Waals surface area contributed by atoms with Crippen LogP contribution in [0.5, 0.6) is 0 Å². The highest BCUT2D eigenvalue weighted by Gasteiger charge is 2.47. The van der Waals surface area contributed by atoms with Crippen molar-refractivity contribution in [1.82, 2.24) is 4.90 Å². The molecule has 0 aliphatic carbocycles. The summed E-state index contributed by atoms with van der Waals surface area (Å²) in [6, 6.07) is 0. The molecule has 14 heavy (non-hydrogen) atoms. The molecule has 0 saturated carbocycles. The highest BCUT2D eigenvalue weighted by molar-refractivity contribution is 5.74. The molecule has 3 nitrogen and oxygen atoms in total. The van der Waals surface area contributed by atoms with Crippen LogP contribution in [0.15, 0.2) is 0 Å². The Morgan fingerprint density at radius 1 is 1.57 bits per heavy atom. The molecule has 0 bridgehead atoms. The molecule has 2 fully saturated rings. The van der Waals surface area contributed by atoms with Crippen LogP contribution in [0, 0.1) is 5.92 Å². The molecule has 80 valence electrons. The van der Waals surface area contributed by atoms with E-state index < -0.39 is 0 Å². The van der Waals surface area contributed by atoms with Crippen LogP contribution in [-0.4, -0.2) is 36.1 Å². The number of nitrogens with zero attached hydrogens (tertiary/aromatic N) is 1. The second-order valence-electron chi connectivity index (χ2n) is 4.67. The van der Waals surface area contributed by atoms with E-state index in [1.807, 2.05) is 4.90 Å². The minimum absolute atomic E-state index is 0.0323. The fourth-order valence-electron chi connectivity index (χ4n) is 2.57. The number of rotatable bonds is 1. The molecule has 0 aromatic carbocycles. The lowest BCUT2D eigenvalue weighted by Crippen LogP contribution is -2.66. The van der Waals surface area contributed by atoms with E-state index in [1.54, 1.807) is 6.92 Å². The Balaban J connectivity index is 1.90. The zero-order chi connectivity index (χ0) is 10.2. The Morgan fingerprint density at radius 3 is 2.86 bits per heavy atom. The van der Waals surface area contributed by atoms with Gasteiger partial charge in [-0.25, -0.2) is 0 Å². The molecule has 0 unspecified atom stereocenters. The van der Waals surface area contributed by atoms with Gasteiger partial charge in [-0.3, -0.25) is 4.79 Å². The average molecular weight is 197 g/mol. The van der Waals surface area contributed by atoms with Crippen molar-refractivity contribution in [3.8, 4) is 0 Å². The molecule has 2 saturated heterocycles. The highest BCUT2D eigenvalue weighted by Crippen LogP contribution is 2.37. The van der Waals surface area contributed by atoms with Gasteiger partial charge in [0.25, 0.3) is 0 Å². The maximum Gasteiger partial charge on any atom is 0.219 e. The first-order valence-corrected chi connectivity index (χ1v) is 5.55. The summed E-state index contributed by atoms with van der Waals surface area (Å²) < 4.78 is 5.82. The lowest BCUT2D eigenvalue weighted by atomic mass is 9.79. The number of hydrogen-bond acceptors (Lipinski definition) is 2. The summed E-state index contributed by atoms with van der Waals surface area (Å²) in [4.78, 5) is 12.9. The van der Waals surface area contributed by atoms with Crippen molar-refractivity contribution in [2.45, 2.75) is 38.7 Å². The molecule has 0 aromatic rings. The van der Waals surface area contributed by atoms with Gasteiger partial charge in [-0.2, -0.15) is 0 Å². The summed E-state index contributed by atoms with van der Waals surface area (Å²) in [5.41, 5.74) is 0.0323. The predicted molar refractivity (Wildman–Crippen MR) is 54.0 cm³/mol. The average Bonchev–Trinajstić information content (AvgIpc) is 2.14. The van der Waals surface area contributed by atoms with Crippen LogP contribution in [0.3, 0.4) is 0 Å².